The van der Waals surface area contributed by atoms with Crippen LogP contribution in [-0.4, -0.2) is 40.7 Å². The Labute approximate surface area is 120 Å². The van der Waals surface area contributed by atoms with Crippen LogP contribution in [0.3, 0.4) is 0 Å². The Morgan fingerprint density at radius 3 is 2.33 bits per heavy atom. The van der Waals surface area contributed by atoms with Crippen molar-refractivity contribution < 1.29 is 29.3 Å². The fourth-order valence-corrected chi connectivity index (χ4v) is 1.47. The van der Waals surface area contributed by atoms with Gasteiger partial charge in [0.2, 0.25) is 0 Å². The molecule has 1 aromatic rings. The summed E-state index contributed by atoms with van der Waals surface area (Å²) in [5.74, 6) is -2.85. The number of carbonyl (C=O) groups is 3. The van der Waals surface area contributed by atoms with Crippen LogP contribution in [-0.2, 0) is 9.59 Å². The molecule has 0 heterocycles. The second kappa shape index (κ2) is 7.68. The van der Waals surface area contributed by atoms with Gasteiger partial charge in [0, 0.05) is 5.56 Å². The Morgan fingerprint density at radius 1 is 1.24 bits per heavy atom. The average Bonchev–Trinajstić information content (AvgIpc) is 2.44. The van der Waals surface area contributed by atoms with Crippen LogP contribution in [0.2, 0.25) is 0 Å². The maximum atomic E-state index is 11.8. The molecule has 0 aromatic heterocycles. The highest BCUT2D eigenvalue weighted by atomic mass is 16.5. The van der Waals surface area contributed by atoms with Crippen molar-refractivity contribution >= 4 is 17.8 Å². The number of nitrogens with one attached hydrogen (secondary N) is 1. The van der Waals surface area contributed by atoms with Gasteiger partial charge in [-0.1, -0.05) is 12.7 Å². The van der Waals surface area contributed by atoms with E-state index in [1.54, 1.807) is 18.2 Å². The fourth-order valence-electron chi connectivity index (χ4n) is 1.47. The van der Waals surface area contributed by atoms with Gasteiger partial charge in [0.15, 0.2) is 0 Å². The summed E-state index contributed by atoms with van der Waals surface area (Å²) in [6, 6.07) is 4.52. The predicted molar refractivity (Wildman–Crippen MR) is 73.3 cm³/mol. The van der Waals surface area contributed by atoms with Crippen LogP contribution in [0.25, 0.3) is 0 Å². The minimum Gasteiger partial charge on any atom is -0.490 e. The average molecular weight is 293 g/mol. The highest BCUT2D eigenvalue weighted by Gasteiger charge is 2.23. The Hall–Kier alpha value is -2.83. The zero-order valence-corrected chi connectivity index (χ0v) is 11.1. The van der Waals surface area contributed by atoms with E-state index < -0.39 is 30.3 Å². The molecule has 0 fully saturated rings. The van der Waals surface area contributed by atoms with E-state index in [2.05, 4.69) is 11.9 Å². The number of hydrogen-bond donors (Lipinski definition) is 3. The Kier molecular flexibility index (Phi) is 5.94. The zero-order chi connectivity index (χ0) is 15.8. The molecule has 7 nitrogen and oxygen atoms in total. The van der Waals surface area contributed by atoms with Gasteiger partial charge in [0.1, 0.15) is 18.4 Å². The van der Waals surface area contributed by atoms with Crippen molar-refractivity contribution in [3.05, 3.63) is 42.5 Å². The monoisotopic (exact) mass is 293 g/mol. The van der Waals surface area contributed by atoms with Crippen molar-refractivity contribution in [2.45, 2.75) is 12.5 Å². The van der Waals surface area contributed by atoms with Gasteiger partial charge in [-0.25, -0.2) is 4.79 Å². The molecule has 112 valence electrons. The van der Waals surface area contributed by atoms with Crippen LogP contribution in [0.4, 0.5) is 0 Å². The molecular weight excluding hydrogens is 278 g/mol. The van der Waals surface area contributed by atoms with Crippen molar-refractivity contribution in [1.82, 2.24) is 5.32 Å². The second-order valence-electron chi connectivity index (χ2n) is 4.09. The lowest BCUT2D eigenvalue weighted by Crippen LogP contribution is -2.42. The first kappa shape index (κ1) is 16.2. The van der Waals surface area contributed by atoms with Gasteiger partial charge in [-0.15, -0.1) is 0 Å². The highest BCUT2D eigenvalue weighted by Crippen LogP contribution is 2.12. The molecule has 3 N–H and O–H groups in total. The fraction of sp³-hybridized carbons (Fsp3) is 0.214. The summed E-state index contributed by atoms with van der Waals surface area (Å²) in [6.07, 6.45) is 0.881. The maximum absolute atomic E-state index is 11.8. The summed E-state index contributed by atoms with van der Waals surface area (Å²) in [4.78, 5) is 33.2. The van der Waals surface area contributed by atoms with Crippen molar-refractivity contribution in [3.8, 4) is 5.75 Å². The van der Waals surface area contributed by atoms with E-state index in [0.717, 1.165) is 0 Å². The summed E-state index contributed by atoms with van der Waals surface area (Å²) in [5, 5.41) is 19.6. The topological polar surface area (TPSA) is 113 Å². The molecule has 0 aliphatic carbocycles. The molecule has 0 bridgehead atoms. The number of carboxylic acid groups (broad SMARTS) is 2. The number of carboxylic acids is 2. The minimum atomic E-state index is -1.48. The molecule has 0 saturated heterocycles. The van der Waals surface area contributed by atoms with Gasteiger partial charge < -0.3 is 20.3 Å². The first-order valence-corrected chi connectivity index (χ1v) is 6.03. The van der Waals surface area contributed by atoms with E-state index >= 15 is 0 Å². The Bertz CT molecular complexity index is 537. The lowest BCUT2D eigenvalue weighted by Gasteiger charge is -2.12. The van der Waals surface area contributed by atoms with Gasteiger partial charge in [0.05, 0.1) is 6.42 Å². The number of aliphatic carboxylic acids is 2. The number of carbonyl (C=O) groups excluding carboxylic acids is 1. The molecule has 0 radical (unpaired) electrons. The van der Waals surface area contributed by atoms with Gasteiger partial charge in [0.25, 0.3) is 5.91 Å². The summed E-state index contributed by atoms with van der Waals surface area (Å²) in [7, 11) is 0. The second-order valence-corrected chi connectivity index (χ2v) is 4.09. The molecule has 0 aliphatic rings. The molecule has 1 atom stereocenters. The van der Waals surface area contributed by atoms with Gasteiger partial charge in [-0.05, 0) is 24.3 Å². The zero-order valence-electron chi connectivity index (χ0n) is 11.1. The van der Waals surface area contributed by atoms with Crippen molar-refractivity contribution in [2.75, 3.05) is 6.61 Å². The van der Waals surface area contributed by atoms with E-state index in [0.29, 0.717) is 12.4 Å². The molecule has 1 aromatic carbocycles. The number of hydrogen-bond acceptors (Lipinski definition) is 4. The van der Waals surface area contributed by atoms with Crippen LogP contribution < -0.4 is 10.1 Å². The molecule has 21 heavy (non-hydrogen) atoms. The van der Waals surface area contributed by atoms with Crippen molar-refractivity contribution in [2.24, 2.45) is 0 Å². The van der Waals surface area contributed by atoms with E-state index in [9.17, 15) is 14.4 Å². The molecule has 1 rings (SSSR count). The molecular formula is C14H15NO6. The van der Waals surface area contributed by atoms with Gasteiger partial charge in [-0.2, -0.15) is 0 Å². The standard InChI is InChI=1S/C14H15NO6/c1-2-7-21-10-5-3-9(4-6-10)13(18)15-11(14(19)20)8-12(16)17/h2-6,11H,1,7-8H2,(H,15,18)(H,16,17)(H,19,20)/t11-/m1/s1. The molecule has 0 spiro atoms. The molecule has 0 unspecified atom stereocenters. The molecule has 0 aliphatic heterocycles. The lowest BCUT2D eigenvalue weighted by atomic mass is 10.1. The smallest absolute Gasteiger partial charge is 0.326 e. The van der Waals surface area contributed by atoms with Crippen LogP contribution >= 0.6 is 0 Å². The van der Waals surface area contributed by atoms with Crippen molar-refractivity contribution in [1.29, 1.82) is 0 Å². The molecule has 0 saturated carbocycles. The normalized spacial score (nSPS) is 11.2. The third kappa shape index (κ3) is 5.35. The number of rotatable bonds is 8. The number of ether oxygens (including phenoxy) is 1. The summed E-state index contributed by atoms with van der Waals surface area (Å²) < 4.78 is 5.24. The van der Waals surface area contributed by atoms with Crippen molar-refractivity contribution in [3.63, 3.8) is 0 Å². The minimum absolute atomic E-state index is 0.206. The van der Waals surface area contributed by atoms with Crippen LogP contribution in [0.15, 0.2) is 36.9 Å². The van der Waals surface area contributed by atoms with E-state index in [1.165, 1.54) is 12.1 Å². The van der Waals surface area contributed by atoms with E-state index in [1.807, 2.05) is 0 Å². The number of amides is 1. The summed E-state index contributed by atoms with van der Waals surface area (Å²) in [6.45, 7) is 3.83. The SMILES string of the molecule is C=CCOc1ccc(C(=O)N[C@H](CC(=O)O)C(=O)O)cc1. The van der Waals surface area contributed by atoms with Crippen LogP contribution in [0.1, 0.15) is 16.8 Å². The summed E-state index contributed by atoms with van der Waals surface area (Å²) >= 11 is 0. The highest BCUT2D eigenvalue weighted by molar-refractivity contribution is 5.97. The van der Waals surface area contributed by atoms with Crippen LogP contribution in [0, 0.1) is 0 Å². The largest absolute Gasteiger partial charge is 0.490 e. The lowest BCUT2D eigenvalue weighted by molar-refractivity contribution is -0.145. The molecule has 1 amide bonds. The van der Waals surface area contributed by atoms with Gasteiger partial charge in [-0.3, -0.25) is 9.59 Å². The van der Waals surface area contributed by atoms with E-state index in [-0.39, 0.29) is 5.56 Å². The third-order valence-corrected chi connectivity index (χ3v) is 2.47. The van der Waals surface area contributed by atoms with Gasteiger partial charge >= 0.3 is 11.9 Å². The third-order valence-electron chi connectivity index (χ3n) is 2.47. The first-order chi connectivity index (χ1) is 9.93. The van der Waals surface area contributed by atoms with Crippen LogP contribution in [0.5, 0.6) is 5.75 Å². The summed E-state index contributed by atoms with van der Waals surface area (Å²) in [5.41, 5.74) is 0.206. The number of benzene rings is 1. The first-order valence-electron chi connectivity index (χ1n) is 6.03. The quantitative estimate of drug-likeness (QED) is 0.614. The Balaban J connectivity index is 2.71. The maximum Gasteiger partial charge on any atom is 0.326 e. The predicted octanol–water partition coefficient (Wildman–Crippen LogP) is 0.909. The Morgan fingerprint density at radius 2 is 1.86 bits per heavy atom. The van der Waals surface area contributed by atoms with E-state index in [4.69, 9.17) is 14.9 Å². The molecule has 7 heteroatoms.